The lowest BCUT2D eigenvalue weighted by Gasteiger charge is -2.41. The maximum absolute atomic E-state index is 6.34. The van der Waals surface area contributed by atoms with Crippen LogP contribution in [-0.4, -0.2) is 47.8 Å². The Bertz CT molecular complexity index is 347. The van der Waals surface area contributed by atoms with Crippen molar-refractivity contribution in [1.82, 2.24) is 10.2 Å². The van der Waals surface area contributed by atoms with Gasteiger partial charge in [0.15, 0.2) is 0 Å². The second-order valence-corrected chi connectivity index (χ2v) is 8.22. The van der Waals surface area contributed by atoms with Crippen LogP contribution in [0.15, 0.2) is 0 Å². The third-order valence-electron chi connectivity index (χ3n) is 5.70. The van der Waals surface area contributed by atoms with Crippen LogP contribution in [0.25, 0.3) is 0 Å². The Labute approximate surface area is 124 Å². The first-order chi connectivity index (χ1) is 9.39. The van der Waals surface area contributed by atoms with Crippen molar-refractivity contribution in [2.45, 2.75) is 83.1 Å². The minimum atomic E-state index is -0.000985. The van der Waals surface area contributed by atoms with Crippen LogP contribution in [-0.2, 0) is 4.74 Å². The van der Waals surface area contributed by atoms with E-state index in [9.17, 15) is 0 Å². The molecule has 3 nitrogen and oxygen atoms in total. The van der Waals surface area contributed by atoms with Gasteiger partial charge in [0.25, 0.3) is 0 Å². The van der Waals surface area contributed by atoms with Crippen molar-refractivity contribution in [3.8, 4) is 0 Å². The van der Waals surface area contributed by atoms with Gasteiger partial charge in [0.05, 0.1) is 11.2 Å². The maximum atomic E-state index is 6.34. The predicted molar refractivity (Wildman–Crippen MR) is 83.0 cm³/mol. The van der Waals surface area contributed by atoms with Crippen molar-refractivity contribution >= 4 is 0 Å². The van der Waals surface area contributed by atoms with Crippen LogP contribution in [0.1, 0.15) is 59.8 Å². The van der Waals surface area contributed by atoms with Crippen LogP contribution in [0.2, 0.25) is 0 Å². The van der Waals surface area contributed by atoms with Gasteiger partial charge in [-0.1, -0.05) is 0 Å². The van der Waals surface area contributed by atoms with Crippen LogP contribution in [0.4, 0.5) is 0 Å². The molecule has 0 radical (unpaired) electrons. The highest BCUT2D eigenvalue weighted by molar-refractivity contribution is 5.03. The zero-order valence-electron chi connectivity index (χ0n) is 13.7. The number of nitrogens with zero attached hydrogens (tertiary/aromatic N) is 1. The van der Waals surface area contributed by atoms with E-state index in [1.54, 1.807) is 0 Å². The van der Waals surface area contributed by atoms with Gasteiger partial charge in [-0.15, -0.1) is 0 Å². The van der Waals surface area contributed by atoms with E-state index in [0.29, 0.717) is 6.04 Å². The molecule has 0 aromatic heterocycles. The molecule has 3 heterocycles. The lowest BCUT2D eigenvalue weighted by atomic mass is 9.86. The van der Waals surface area contributed by atoms with Gasteiger partial charge in [-0.2, -0.15) is 0 Å². The average molecular weight is 280 g/mol. The summed E-state index contributed by atoms with van der Waals surface area (Å²) in [6.07, 6.45) is 6.68. The maximum Gasteiger partial charge on any atom is 0.0789 e. The van der Waals surface area contributed by atoms with E-state index in [0.717, 1.165) is 12.0 Å². The van der Waals surface area contributed by atoms with Gasteiger partial charge in [-0.05, 0) is 85.4 Å². The van der Waals surface area contributed by atoms with E-state index in [1.807, 2.05) is 0 Å². The molecular weight excluding hydrogens is 248 g/mol. The summed E-state index contributed by atoms with van der Waals surface area (Å²) in [4.78, 5) is 2.82. The molecule has 3 heteroatoms. The van der Waals surface area contributed by atoms with E-state index in [1.165, 1.54) is 51.7 Å². The molecule has 116 valence electrons. The van der Waals surface area contributed by atoms with Crippen LogP contribution < -0.4 is 5.32 Å². The second kappa shape index (κ2) is 5.26. The Morgan fingerprint density at radius 1 is 1.05 bits per heavy atom. The van der Waals surface area contributed by atoms with Crippen molar-refractivity contribution in [3.05, 3.63) is 0 Å². The molecular formula is C17H32N2O. The highest BCUT2D eigenvalue weighted by atomic mass is 16.5. The molecule has 3 saturated heterocycles. The van der Waals surface area contributed by atoms with Gasteiger partial charge in [-0.3, -0.25) is 4.90 Å². The average Bonchev–Trinajstić information content (AvgIpc) is 2.91. The van der Waals surface area contributed by atoms with Crippen molar-refractivity contribution in [3.63, 3.8) is 0 Å². The zero-order chi connectivity index (χ0) is 14.4. The summed E-state index contributed by atoms with van der Waals surface area (Å²) in [5.74, 6) is 0.901. The fraction of sp³-hybridized carbons (Fsp3) is 1.00. The van der Waals surface area contributed by atoms with E-state index >= 15 is 0 Å². The molecule has 0 amide bonds. The molecule has 2 unspecified atom stereocenters. The third kappa shape index (κ3) is 2.77. The Balaban J connectivity index is 1.74. The van der Waals surface area contributed by atoms with E-state index < -0.39 is 0 Å². The summed E-state index contributed by atoms with van der Waals surface area (Å²) in [7, 11) is 0. The smallest absolute Gasteiger partial charge is 0.0789 e. The molecule has 20 heavy (non-hydrogen) atoms. The van der Waals surface area contributed by atoms with Crippen molar-refractivity contribution < 1.29 is 4.74 Å². The van der Waals surface area contributed by atoms with Gasteiger partial charge < -0.3 is 10.1 Å². The SMILES string of the molecule is CC1(C)CC(N2CCCC2C2CCNCC2)C(C)(C)O1. The van der Waals surface area contributed by atoms with Crippen molar-refractivity contribution in [2.75, 3.05) is 19.6 Å². The molecule has 3 aliphatic rings. The Morgan fingerprint density at radius 3 is 2.35 bits per heavy atom. The third-order valence-corrected chi connectivity index (χ3v) is 5.70. The van der Waals surface area contributed by atoms with E-state index in [2.05, 4.69) is 37.9 Å². The summed E-state index contributed by atoms with van der Waals surface area (Å²) >= 11 is 0. The Kier molecular flexibility index (Phi) is 3.89. The normalized spacial score (nSPS) is 38.4. The Hall–Kier alpha value is -0.120. The number of likely N-dealkylation sites (tertiary alicyclic amines) is 1. The molecule has 3 fully saturated rings. The van der Waals surface area contributed by atoms with Crippen LogP contribution in [0.3, 0.4) is 0 Å². The predicted octanol–water partition coefficient (Wildman–Crippen LogP) is 2.80. The minimum absolute atomic E-state index is 0.000985. The molecule has 0 aromatic carbocycles. The summed E-state index contributed by atoms with van der Waals surface area (Å²) in [5.41, 5.74) is 0.0361. The van der Waals surface area contributed by atoms with Crippen molar-refractivity contribution in [1.29, 1.82) is 0 Å². The van der Waals surface area contributed by atoms with Crippen molar-refractivity contribution in [2.24, 2.45) is 5.92 Å². The summed E-state index contributed by atoms with van der Waals surface area (Å²) < 4.78 is 6.34. The molecule has 2 atom stereocenters. The molecule has 0 spiro atoms. The van der Waals surface area contributed by atoms with Gasteiger partial charge in [0.1, 0.15) is 0 Å². The van der Waals surface area contributed by atoms with Crippen LogP contribution >= 0.6 is 0 Å². The number of hydrogen-bond donors (Lipinski definition) is 1. The number of rotatable bonds is 2. The fourth-order valence-corrected chi connectivity index (χ4v) is 4.99. The quantitative estimate of drug-likeness (QED) is 0.842. The van der Waals surface area contributed by atoms with Gasteiger partial charge in [-0.25, -0.2) is 0 Å². The summed E-state index contributed by atoms with van der Waals surface area (Å²) in [5, 5.41) is 3.51. The molecule has 0 aliphatic carbocycles. The highest BCUT2D eigenvalue weighted by Gasteiger charge is 2.51. The molecule has 0 aromatic rings. The highest BCUT2D eigenvalue weighted by Crippen LogP contribution is 2.44. The molecule has 3 rings (SSSR count). The monoisotopic (exact) mass is 280 g/mol. The first-order valence-corrected chi connectivity index (χ1v) is 8.56. The van der Waals surface area contributed by atoms with Crippen LogP contribution in [0, 0.1) is 5.92 Å². The number of piperidine rings is 1. The topological polar surface area (TPSA) is 24.5 Å². The molecule has 0 bridgehead atoms. The summed E-state index contributed by atoms with van der Waals surface area (Å²) in [6, 6.07) is 1.40. The standard InChI is InChI=1S/C17H32N2O/c1-16(2)12-15(17(3,4)20-16)19-11-5-6-14(19)13-7-9-18-10-8-13/h13-15,18H,5-12H2,1-4H3. The number of hydrogen-bond acceptors (Lipinski definition) is 3. The second-order valence-electron chi connectivity index (χ2n) is 8.22. The fourth-order valence-electron chi connectivity index (χ4n) is 4.99. The zero-order valence-corrected chi connectivity index (χ0v) is 13.7. The molecule has 1 N–H and O–H groups in total. The Morgan fingerprint density at radius 2 is 1.75 bits per heavy atom. The lowest BCUT2D eigenvalue weighted by Crippen LogP contribution is -2.51. The first-order valence-electron chi connectivity index (χ1n) is 8.56. The lowest BCUT2D eigenvalue weighted by molar-refractivity contribution is -0.0836. The summed E-state index contributed by atoms with van der Waals surface area (Å²) in [6.45, 7) is 12.8. The van der Waals surface area contributed by atoms with Gasteiger partial charge in [0.2, 0.25) is 0 Å². The first kappa shape index (κ1) is 14.8. The largest absolute Gasteiger partial charge is 0.368 e. The van der Waals surface area contributed by atoms with E-state index in [-0.39, 0.29) is 11.2 Å². The van der Waals surface area contributed by atoms with E-state index in [4.69, 9.17) is 4.74 Å². The molecule has 3 aliphatic heterocycles. The van der Waals surface area contributed by atoms with Gasteiger partial charge >= 0.3 is 0 Å². The number of ether oxygens (including phenoxy) is 1. The number of nitrogens with one attached hydrogen (secondary N) is 1. The van der Waals surface area contributed by atoms with Crippen LogP contribution in [0.5, 0.6) is 0 Å². The van der Waals surface area contributed by atoms with Gasteiger partial charge in [0, 0.05) is 12.1 Å². The minimum Gasteiger partial charge on any atom is -0.368 e. The molecule has 0 saturated carbocycles.